The molecule has 8 heteroatoms. The van der Waals surface area contributed by atoms with Gasteiger partial charge in [-0.25, -0.2) is 9.97 Å². The first-order valence-electron chi connectivity index (χ1n) is 13.5. The number of hydrogen-bond donors (Lipinski definition) is 2. The predicted molar refractivity (Wildman–Crippen MR) is 159 cm³/mol. The zero-order valence-corrected chi connectivity index (χ0v) is 23.8. The zero-order valence-electron chi connectivity index (χ0n) is 23.0. The molecule has 0 atom stereocenters. The number of rotatable bonds is 6. The summed E-state index contributed by atoms with van der Waals surface area (Å²) in [6.07, 6.45) is 6.33. The van der Waals surface area contributed by atoms with Crippen LogP contribution in [0.2, 0.25) is 0 Å². The molecule has 1 aliphatic heterocycles. The van der Waals surface area contributed by atoms with Gasteiger partial charge in [0.1, 0.15) is 5.82 Å². The number of aryl methyl sites for hydroxylation is 2. The number of anilines is 1. The number of nitrogens with one attached hydrogen (secondary N) is 2. The van der Waals surface area contributed by atoms with Gasteiger partial charge in [-0.1, -0.05) is 6.07 Å². The minimum absolute atomic E-state index is 0.109. The van der Waals surface area contributed by atoms with Gasteiger partial charge in [-0.3, -0.25) is 9.78 Å². The van der Waals surface area contributed by atoms with E-state index in [1.54, 1.807) is 11.8 Å². The third-order valence-electron chi connectivity index (χ3n) is 8.04. The minimum atomic E-state index is -0.109. The fourth-order valence-electron chi connectivity index (χ4n) is 5.29. The molecule has 2 aliphatic rings. The smallest absolute Gasteiger partial charge is 0.251 e. The lowest BCUT2D eigenvalue weighted by Gasteiger charge is -2.35. The molecule has 3 aromatic heterocycles. The van der Waals surface area contributed by atoms with Crippen LogP contribution in [0.5, 0.6) is 0 Å². The highest BCUT2D eigenvalue weighted by molar-refractivity contribution is 7.98. The number of pyridine rings is 3. The van der Waals surface area contributed by atoms with E-state index in [2.05, 4.69) is 53.4 Å². The van der Waals surface area contributed by atoms with E-state index >= 15 is 0 Å². The number of aromatic nitrogens is 3. The van der Waals surface area contributed by atoms with Crippen molar-refractivity contribution in [3.05, 3.63) is 76.6 Å². The molecule has 1 saturated carbocycles. The predicted octanol–water partition coefficient (Wildman–Crippen LogP) is 5.21. The maximum absolute atomic E-state index is 12.8. The first-order valence-corrected chi connectivity index (χ1v) is 14.7. The topological polar surface area (TPSA) is 83.0 Å². The van der Waals surface area contributed by atoms with Crippen LogP contribution in [0.4, 0.5) is 5.82 Å². The van der Waals surface area contributed by atoms with Gasteiger partial charge in [0, 0.05) is 47.2 Å². The van der Waals surface area contributed by atoms with E-state index in [1.807, 2.05) is 42.8 Å². The van der Waals surface area contributed by atoms with Crippen molar-refractivity contribution in [2.45, 2.75) is 50.6 Å². The average molecular weight is 539 g/mol. The molecule has 1 amide bonds. The van der Waals surface area contributed by atoms with Gasteiger partial charge in [0.2, 0.25) is 0 Å². The summed E-state index contributed by atoms with van der Waals surface area (Å²) in [6, 6.07) is 14.0. The number of fused-ring (bicyclic) bond motifs is 1. The molecule has 0 radical (unpaired) electrons. The third-order valence-corrected chi connectivity index (χ3v) is 8.92. The van der Waals surface area contributed by atoms with Gasteiger partial charge < -0.3 is 15.5 Å². The van der Waals surface area contributed by atoms with Crippen LogP contribution in [-0.2, 0) is 6.54 Å². The van der Waals surface area contributed by atoms with Crippen LogP contribution < -0.4 is 15.5 Å². The van der Waals surface area contributed by atoms with Gasteiger partial charge in [-0.15, -0.1) is 11.8 Å². The Morgan fingerprint density at radius 3 is 2.72 bits per heavy atom. The Morgan fingerprint density at radius 2 is 1.92 bits per heavy atom. The van der Waals surface area contributed by atoms with Crippen LogP contribution in [0.1, 0.15) is 45.6 Å². The Morgan fingerprint density at radius 1 is 1.08 bits per heavy atom. The molecule has 0 bridgehead atoms. The first kappa shape index (κ1) is 25.8. The fraction of sp³-hybridized carbons (Fsp3) is 0.355. The highest BCUT2D eigenvalue weighted by Crippen LogP contribution is 2.39. The van der Waals surface area contributed by atoms with E-state index in [9.17, 15) is 4.79 Å². The summed E-state index contributed by atoms with van der Waals surface area (Å²) in [5, 5.41) is 7.65. The van der Waals surface area contributed by atoms with Gasteiger partial charge in [0.05, 0.1) is 29.1 Å². The second-order valence-electron chi connectivity index (χ2n) is 10.8. The Labute approximate surface area is 233 Å². The molecular weight excluding hydrogens is 504 g/mol. The van der Waals surface area contributed by atoms with Gasteiger partial charge >= 0.3 is 0 Å². The lowest BCUT2D eigenvalue weighted by molar-refractivity contribution is 0.0950. The Kier molecular flexibility index (Phi) is 6.77. The van der Waals surface area contributed by atoms with Crippen molar-refractivity contribution < 1.29 is 4.79 Å². The molecule has 7 nitrogen and oxygen atoms in total. The van der Waals surface area contributed by atoms with Crippen LogP contribution in [0.25, 0.3) is 22.3 Å². The number of hydrogen-bond acceptors (Lipinski definition) is 7. The Balaban J connectivity index is 1.24. The van der Waals surface area contributed by atoms with Crippen molar-refractivity contribution >= 4 is 34.4 Å². The summed E-state index contributed by atoms with van der Waals surface area (Å²) in [5.74, 6) is 0.920. The van der Waals surface area contributed by atoms with Crippen LogP contribution >= 0.6 is 11.8 Å². The number of nitrogens with zero attached hydrogens (tertiary/aromatic N) is 4. The van der Waals surface area contributed by atoms with E-state index in [0.717, 1.165) is 63.9 Å². The van der Waals surface area contributed by atoms with Crippen molar-refractivity contribution in [1.82, 2.24) is 25.6 Å². The van der Waals surface area contributed by atoms with E-state index < -0.39 is 0 Å². The zero-order chi connectivity index (χ0) is 27.1. The van der Waals surface area contributed by atoms with Gasteiger partial charge in [0.25, 0.3) is 5.91 Å². The van der Waals surface area contributed by atoms with E-state index in [1.165, 1.54) is 24.0 Å². The summed E-state index contributed by atoms with van der Waals surface area (Å²) in [5.41, 5.74) is 7.86. The quantitative estimate of drug-likeness (QED) is 0.326. The Hall–Kier alpha value is -3.49. The molecule has 4 aromatic rings. The number of amides is 1. The SMILES string of the molecule is CSc1cc(C(=O)NCc2cc3nc(-c4nc(N5CCNC6(CC6)C5)cc(C)c4C)ccc3cn2)ccc1C. The fourth-order valence-corrected chi connectivity index (χ4v) is 5.92. The second kappa shape index (κ2) is 10.2. The number of piperazine rings is 1. The molecule has 0 unspecified atom stereocenters. The van der Waals surface area contributed by atoms with Crippen molar-refractivity contribution in [2.75, 3.05) is 30.8 Å². The molecule has 2 N–H and O–H groups in total. The van der Waals surface area contributed by atoms with Crippen molar-refractivity contribution in [1.29, 1.82) is 0 Å². The van der Waals surface area contributed by atoms with Crippen LogP contribution in [0, 0.1) is 20.8 Å². The largest absolute Gasteiger partial charge is 0.353 e. The van der Waals surface area contributed by atoms with Gasteiger partial charge in [-0.2, -0.15) is 0 Å². The molecular formula is C31H34N6OS. The summed E-state index contributed by atoms with van der Waals surface area (Å²) in [7, 11) is 0. The average Bonchev–Trinajstić information content (AvgIpc) is 3.70. The van der Waals surface area contributed by atoms with Crippen LogP contribution in [0.15, 0.2) is 53.6 Å². The number of benzene rings is 1. The van der Waals surface area contributed by atoms with E-state index in [-0.39, 0.29) is 11.4 Å². The number of thioether (sulfide) groups is 1. The molecule has 6 rings (SSSR count). The first-order chi connectivity index (χ1) is 18.8. The van der Waals surface area contributed by atoms with Gasteiger partial charge in [-0.05, 0) is 93.0 Å². The summed E-state index contributed by atoms with van der Waals surface area (Å²) >= 11 is 1.64. The van der Waals surface area contributed by atoms with E-state index in [0.29, 0.717) is 12.1 Å². The summed E-state index contributed by atoms with van der Waals surface area (Å²) in [6.45, 7) is 9.62. The second-order valence-corrected chi connectivity index (χ2v) is 11.7. The highest BCUT2D eigenvalue weighted by atomic mass is 32.2. The normalized spacial score (nSPS) is 16.1. The maximum Gasteiger partial charge on any atom is 0.251 e. The van der Waals surface area contributed by atoms with Crippen LogP contribution in [-0.4, -0.2) is 52.3 Å². The third kappa shape index (κ3) is 5.23. The standard InChI is InChI=1S/C31H34N6OS/c1-19-5-6-22(14-27(19)39-4)30(38)33-17-24-15-26-23(16-32-24)7-8-25(35-26)29-21(3)20(2)13-28(36-29)37-12-11-34-31(18-37)9-10-31/h5-8,13-16,34H,9-12,17-18H2,1-4H3,(H,33,38). The molecule has 1 aliphatic carbocycles. The van der Waals surface area contributed by atoms with E-state index in [4.69, 9.17) is 9.97 Å². The van der Waals surface area contributed by atoms with Crippen LogP contribution in [0.3, 0.4) is 0 Å². The van der Waals surface area contributed by atoms with Gasteiger partial charge in [0.15, 0.2) is 0 Å². The van der Waals surface area contributed by atoms with Crippen molar-refractivity contribution in [3.8, 4) is 11.4 Å². The monoisotopic (exact) mass is 538 g/mol. The molecule has 4 heterocycles. The molecule has 2 fully saturated rings. The number of carbonyl (C=O) groups excluding carboxylic acids is 1. The summed E-state index contributed by atoms with van der Waals surface area (Å²) in [4.78, 5) is 31.0. The van der Waals surface area contributed by atoms with Crippen molar-refractivity contribution in [3.63, 3.8) is 0 Å². The van der Waals surface area contributed by atoms with Crippen molar-refractivity contribution in [2.24, 2.45) is 0 Å². The maximum atomic E-state index is 12.8. The molecule has 1 saturated heterocycles. The lowest BCUT2D eigenvalue weighted by Crippen LogP contribution is -2.52. The molecule has 200 valence electrons. The lowest BCUT2D eigenvalue weighted by atomic mass is 10.0. The summed E-state index contributed by atoms with van der Waals surface area (Å²) < 4.78 is 0. The molecule has 1 spiro atoms. The number of carbonyl (C=O) groups is 1. The minimum Gasteiger partial charge on any atom is -0.353 e. The molecule has 39 heavy (non-hydrogen) atoms. The molecule has 1 aromatic carbocycles. The Bertz CT molecular complexity index is 1580. The highest BCUT2D eigenvalue weighted by Gasteiger charge is 2.45.